The van der Waals surface area contributed by atoms with Gasteiger partial charge in [0.1, 0.15) is 18.7 Å². The molecule has 0 saturated carbocycles. The molecule has 3 atom stereocenters. The molecule has 1 aliphatic rings. The quantitative estimate of drug-likeness (QED) is 0.553. The normalized spacial score (nSPS) is 20.0. The molecule has 0 bridgehead atoms. The molecular weight excluding hydrogens is 356 g/mol. The fourth-order valence-electron chi connectivity index (χ4n) is 2.84. The van der Waals surface area contributed by atoms with Gasteiger partial charge in [-0.15, -0.1) is 0 Å². The number of benzene rings is 1. The van der Waals surface area contributed by atoms with Crippen molar-refractivity contribution in [3.05, 3.63) is 35.9 Å². The van der Waals surface area contributed by atoms with E-state index in [1.807, 2.05) is 6.07 Å². The fourth-order valence-corrected chi connectivity index (χ4v) is 2.84. The van der Waals surface area contributed by atoms with Crippen molar-refractivity contribution in [1.29, 1.82) is 0 Å². The predicted molar refractivity (Wildman–Crippen MR) is 92.2 cm³/mol. The molecule has 0 aromatic heterocycles. The molecule has 0 aliphatic carbocycles. The average Bonchev–Trinajstić information content (AvgIpc) is 3.02. The van der Waals surface area contributed by atoms with Crippen LogP contribution in [0.2, 0.25) is 0 Å². The van der Waals surface area contributed by atoms with Gasteiger partial charge in [0.25, 0.3) is 0 Å². The lowest BCUT2D eigenvalue weighted by atomic mass is 10.1. The van der Waals surface area contributed by atoms with E-state index in [2.05, 4.69) is 5.32 Å². The van der Waals surface area contributed by atoms with Crippen molar-refractivity contribution in [3.8, 4) is 0 Å². The van der Waals surface area contributed by atoms with Gasteiger partial charge in [-0.2, -0.15) is 0 Å². The van der Waals surface area contributed by atoms with Gasteiger partial charge in [0.05, 0.1) is 12.5 Å². The molecule has 0 spiro atoms. The molecule has 9 nitrogen and oxygen atoms in total. The SMILES string of the molecule is CC(=O)N1C[C@H](O)C[C@H]1C(=O)N[C@@H](CC(=O)OCc1ccccc1)C(=O)O. The molecule has 27 heavy (non-hydrogen) atoms. The zero-order valence-corrected chi connectivity index (χ0v) is 14.8. The number of hydrogen-bond donors (Lipinski definition) is 3. The van der Waals surface area contributed by atoms with Crippen molar-refractivity contribution in [3.63, 3.8) is 0 Å². The van der Waals surface area contributed by atoms with Gasteiger partial charge in [0.2, 0.25) is 11.8 Å². The lowest BCUT2D eigenvalue weighted by Gasteiger charge is -2.23. The molecular formula is C18H22N2O7. The van der Waals surface area contributed by atoms with Gasteiger partial charge in [-0.25, -0.2) is 4.79 Å². The number of carbonyl (C=O) groups excluding carboxylic acids is 3. The molecule has 1 aromatic carbocycles. The Hall–Kier alpha value is -2.94. The topological polar surface area (TPSA) is 133 Å². The van der Waals surface area contributed by atoms with Crippen LogP contribution in [0, 0.1) is 0 Å². The third-order valence-corrected chi connectivity index (χ3v) is 4.21. The molecule has 1 heterocycles. The van der Waals surface area contributed by atoms with Crippen LogP contribution in [0.25, 0.3) is 0 Å². The largest absolute Gasteiger partial charge is 0.480 e. The Morgan fingerprint density at radius 1 is 1.26 bits per heavy atom. The third-order valence-electron chi connectivity index (χ3n) is 4.21. The number of aliphatic hydroxyl groups excluding tert-OH is 1. The van der Waals surface area contributed by atoms with Gasteiger partial charge in [0.15, 0.2) is 0 Å². The van der Waals surface area contributed by atoms with Crippen LogP contribution in [0.15, 0.2) is 30.3 Å². The lowest BCUT2D eigenvalue weighted by molar-refractivity contribution is -0.151. The number of amides is 2. The molecule has 1 saturated heterocycles. The van der Waals surface area contributed by atoms with Crippen molar-refractivity contribution < 1.29 is 34.1 Å². The number of ether oxygens (including phenoxy) is 1. The van der Waals surface area contributed by atoms with Crippen LogP contribution in [0.3, 0.4) is 0 Å². The van der Waals surface area contributed by atoms with Gasteiger partial charge in [-0.05, 0) is 5.56 Å². The number of aliphatic hydroxyl groups is 1. The van der Waals surface area contributed by atoms with E-state index in [0.717, 1.165) is 5.56 Å². The van der Waals surface area contributed by atoms with Gasteiger partial charge in [-0.3, -0.25) is 14.4 Å². The highest BCUT2D eigenvalue weighted by Crippen LogP contribution is 2.18. The summed E-state index contributed by atoms with van der Waals surface area (Å²) in [6, 6.07) is 6.41. The number of nitrogens with zero attached hydrogens (tertiary/aromatic N) is 1. The minimum Gasteiger partial charge on any atom is -0.480 e. The van der Waals surface area contributed by atoms with Crippen molar-refractivity contribution in [2.75, 3.05) is 6.54 Å². The van der Waals surface area contributed by atoms with E-state index < -0.39 is 48.4 Å². The molecule has 1 aliphatic heterocycles. The molecule has 146 valence electrons. The van der Waals surface area contributed by atoms with Gasteiger partial charge < -0.3 is 25.2 Å². The van der Waals surface area contributed by atoms with Crippen LogP contribution >= 0.6 is 0 Å². The first-order valence-corrected chi connectivity index (χ1v) is 8.46. The number of aliphatic carboxylic acids is 1. The van der Waals surface area contributed by atoms with Crippen molar-refractivity contribution in [1.82, 2.24) is 10.2 Å². The van der Waals surface area contributed by atoms with Crippen LogP contribution in [0.5, 0.6) is 0 Å². The summed E-state index contributed by atoms with van der Waals surface area (Å²) in [7, 11) is 0. The Morgan fingerprint density at radius 3 is 2.52 bits per heavy atom. The lowest BCUT2D eigenvalue weighted by Crippen LogP contribution is -2.51. The van der Waals surface area contributed by atoms with E-state index in [0.29, 0.717) is 0 Å². The molecule has 0 radical (unpaired) electrons. The summed E-state index contributed by atoms with van der Waals surface area (Å²) in [6.07, 6.45) is -1.40. The Labute approximate surface area is 155 Å². The van der Waals surface area contributed by atoms with Gasteiger partial charge >= 0.3 is 11.9 Å². The first-order valence-electron chi connectivity index (χ1n) is 8.46. The first kappa shape index (κ1) is 20.4. The first-order chi connectivity index (χ1) is 12.8. The van der Waals surface area contributed by atoms with Crippen molar-refractivity contribution >= 4 is 23.8 Å². The molecule has 1 fully saturated rings. The fraction of sp³-hybridized carbons (Fsp3) is 0.444. The summed E-state index contributed by atoms with van der Waals surface area (Å²) in [5, 5.41) is 21.2. The standard InChI is InChI=1S/C18H22N2O7/c1-11(21)20-9-13(22)7-15(20)17(24)19-14(18(25)26)8-16(23)27-10-12-5-3-2-4-6-12/h2-6,13-15,22H,7-10H2,1H3,(H,19,24)(H,25,26)/t13-,14+,15+/m1/s1. The number of likely N-dealkylation sites (tertiary alicyclic amines) is 1. The number of esters is 1. The summed E-state index contributed by atoms with van der Waals surface area (Å²) < 4.78 is 5.03. The van der Waals surface area contributed by atoms with E-state index >= 15 is 0 Å². The Morgan fingerprint density at radius 2 is 1.93 bits per heavy atom. The number of nitrogens with one attached hydrogen (secondary N) is 1. The smallest absolute Gasteiger partial charge is 0.326 e. The second-order valence-corrected chi connectivity index (χ2v) is 6.33. The second-order valence-electron chi connectivity index (χ2n) is 6.33. The Kier molecular flexibility index (Phi) is 6.89. The maximum atomic E-state index is 12.3. The number of carbonyl (C=O) groups is 4. The maximum absolute atomic E-state index is 12.3. The molecule has 2 amide bonds. The highest BCUT2D eigenvalue weighted by molar-refractivity contribution is 5.92. The zero-order valence-electron chi connectivity index (χ0n) is 14.8. The Balaban J connectivity index is 1.92. The van der Waals surface area contributed by atoms with Crippen LogP contribution in [0.4, 0.5) is 0 Å². The number of β-amino-alcohol motifs (C(OH)–C–C–N with tert-alkyl or cyclic N) is 1. The Bertz CT molecular complexity index is 707. The van der Waals surface area contributed by atoms with Crippen molar-refractivity contribution in [2.45, 2.75) is 44.6 Å². The summed E-state index contributed by atoms with van der Waals surface area (Å²) >= 11 is 0. The minimum atomic E-state index is -1.49. The monoisotopic (exact) mass is 378 g/mol. The predicted octanol–water partition coefficient (Wildman–Crippen LogP) is -0.329. The van der Waals surface area contributed by atoms with E-state index in [1.54, 1.807) is 24.3 Å². The highest BCUT2D eigenvalue weighted by atomic mass is 16.5. The number of rotatable bonds is 7. The summed E-state index contributed by atoms with van der Waals surface area (Å²) in [5.41, 5.74) is 0.749. The molecule has 1 aromatic rings. The summed E-state index contributed by atoms with van der Waals surface area (Å²) in [4.78, 5) is 48.4. The van der Waals surface area contributed by atoms with E-state index in [9.17, 15) is 29.4 Å². The molecule has 3 N–H and O–H groups in total. The number of carboxylic acids is 1. The number of hydrogen-bond acceptors (Lipinski definition) is 6. The zero-order chi connectivity index (χ0) is 20.0. The van der Waals surface area contributed by atoms with Crippen LogP contribution < -0.4 is 5.32 Å². The highest BCUT2D eigenvalue weighted by Gasteiger charge is 2.39. The van der Waals surface area contributed by atoms with E-state index in [1.165, 1.54) is 11.8 Å². The third kappa shape index (κ3) is 5.78. The minimum absolute atomic E-state index is 0.00424. The summed E-state index contributed by atoms with van der Waals surface area (Å²) in [6.45, 7) is 1.26. The number of carboxylic acid groups (broad SMARTS) is 1. The van der Waals surface area contributed by atoms with Crippen molar-refractivity contribution in [2.24, 2.45) is 0 Å². The maximum Gasteiger partial charge on any atom is 0.326 e. The molecule has 2 rings (SSSR count). The van der Waals surface area contributed by atoms with Gasteiger partial charge in [-0.1, -0.05) is 30.3 Å². The van der Waals surface area contributed by atoms with Crippen LogP contribution in [0.1, 0.15) is 25.3 Å². The van der Waals surface area contributed by atoms with E-state index in [-0.39, 0.29) is 19.6 Å². The molecule has 9 heteroatoms. The van der Waals surface area contributed by atoms with Gasteiger partial charge in [0, 0.05) is 19.9 Å². The second kappa shape index (κ2) is 9.13. The molecule has 0 unspecified atom stereocenters. The van der Waals surface area contributed by atoms with Crippen LogP contribution in [-0.4, -0.2) is 63.6 Å². The summed E-state index contributed by atoms with van der Waals surface area (Å²) in [5.74, 6) is -3.31. The van der Waals surface area contributed by atoms with E-state index in [4.69, 9.17) is 4.74 Å². The average molecular weight is 378 g/mol. The van der Waals surface area contributed by atoms with Crippen LogP contribution in [-0.2, 0) is 30.5 Å².